The second kappa shape index (κ2) is 11.6. The van der Waals surface area contributed by atoms with Crippen LogP contribution in [0.15, 0.2) is 53.5 Å². The van der Waals surface area contributed by atoms with Crippen LogP contribution in [0.4, 0.5) is 0 Å². The SMILES string of the molecule is CN=C(NCc1cccc(COC2CCOCC2)c1)N(C)Cc1ccc(OC)cc1. The lowest BCUT2D eigenvalue weighted by atomic mass is 10.1. The van der Waals surface area contributed by atoms with Crippen LogP contribution in [0.2, 0.25) is 0 Å². The van der Waals surface area contributed by atoms with Crippen molar-refractivity contribution < 1.29 is 14.2 Å². The Morgan fingerprint density at radius 1 is 1.10 bits per heavy atom. The van der Waals surface area contributed by atoms with E-state index in [0.717, 1.165) is 44.3 Å². The molecule has 6 heteroatoms. The van der Waals surface area contributed by atoms with E-state index in [-0.39, 0.29) is 0 Å². The Morgan fingerprint density at radius 3 is 2.53 bits per heavy atom. The van der Waals surface area contributed by atoms with Crippen molar-refractivity contribution in [1.29, 1.82) is 0 Å². The third-order valence-electron chi connectivity index (χ3n) is 5.25. The van der Waals surface area contributed by atoms with Crippen molar-refractivity contribution in [2.45, 2.75) is 38.6 Å². The van der Waals surface area contributed by atoms with Gasteiger partial charge in [-0.25, -0.2) is 0 Å². The van der Waals surface area contributed by atoms with Crippen LogP contribution in [-0.2, 0) is 29.2 Å². The van der Waals surface area contributed by atoms with Gasteiger partial charge in [0.15, 0.2) is 5.96 Å². The van der Waals surface area contributed by atoms with E-state index in [1.807, 2.05) is 26.2 Å². The number of hydrogen-bond donors (Lipinski definition) is 1. The van der Waals surface area contributed by atoms with E-state index in [1.54, 1.807) is 7.11 Å². The van der Waals surface area contributed by atoms with Crippen LogP contribution in [0.5, 0.6) is 5.75 Å². The van der Waals surface area contributed by atoms with Crippen LogP contribution < -0.4 is 10.1 Å². The topological polar surface area (TPSA) is 55.3 Å². The molecule has 162 valence electrons. The number of guanidine groups is 1. The number of nitrogens with zero attached hydrogens (tertiary/aromatic N) is 2. The highest BCUT2D eigenvalue weighted by Crippen LogP contribution is 2.15. The Hall–Kier alpha value is -2.57. The number of aliphatic imine (C=N–C) groups is 1. The summed E-state index contributed by atoms with van der Waals surface area (Å²) in [5.74, 6) is 1.72. The molecule has 0 unspecified atom stereocenters. The van der Waals surface area contributed by atoms with Gasteiger partial charge in [0.1, 0.15) is 5.75 Å². The van der Waals surface area contributed by atoms with Gasteiger partial charge in [0.2, 0.25) is 0 Å². The van der Waals surface area contributed by atoms with E-state index >= 15 is 0 Å². The first-order valence-corrected chi connectivity index (χ1v) is 10.5. The summed E-state index contributed by atoms with van der Waals surface area (Å²) < 4.78 is 16.7. The summed E-state index contributed by atoms with van der Waals surface area (Å²) in [5, 5.41) is 3.45. The highest BCUT2D eigenvalue weighted by atomic mass is 16.5. The highest BCUT2D eigenvalue weighted by molar-refractivity contribution is 5.79. The minimum absolute atomic E-state index is 0.311. The van der Waals surface area contributed by atoms with E-state index in [4.69, 9.17) is 14.2 Å². The molecule has 1 saturated heterocycles. The lowest BCUT2D eigenvalue weighted by Crippen LogP contribution is -2.38. The van der Waals surface area contributed by atoms with Crippen molar-refractivity contribution in [2.75, 3.05) is 34.4 Å². The first-order chi connectivity index (χ1) is 14.7. The molecule has 0 aliphatic carbocycles. The Labute approximate surface area is 179 Å². The third kappa shape index (κ3) is 6.75. The second-order valence-electron chi connectivity index (χ2n) is 7.55. The van der Waals surface area contributed by atoms with Crippen LogP contribution in [0.1, 0.15) is 29.5 Å². The van der Waals surface area contributed by atoms with Gasteiger partial charge in [0.25, 0.3) is 0 Å². The fourth-order valence-corrected chi connectivity index (χ4v) is 3.53. The third-order valence-corrected chi connectivity index (χ3v) is 5.25. The Balaban J connectivity index is 1.49. The zero-order valence-electron chi connectivity index (χ0n) is 18.3. The van der Waals surface area contributed by atoms with Crippen LogP contribution in [0.3, 0.4) is 0 Å². The van der Waals surface area contributed by atoms with E-state index in [0.29, 0.717) is 19.3 Å². The van der Waals surface area contributed by atoms with Crippen LogP contribution in [0.25, 0.3) is 0 Å². The van der Waals surface area contributed by atoms with Crippen molar-refractivity contribution >= 4 is 5.96 Å². The Bertz CT molecular complexity index is 802. The summed E-state index contributed by atoms with van der Waals surface area (Å²) in [4.78, 5) is 6.53. The number of nitrogens with one attached hydrogen (secondary N) is 1. The second-order valence-corrected chi connectivity index (χ2v) is 7.55. The van der Waals surface area contributed by atoms with Gasteiger partial charge in [-0.2, -0.15) is 0 Å². The van der Waals surface area contributed by atoms with Crippen LogP contribution >= 0.6 is 0 Å². The quantitative estimate of drug-likeness (QED) is 0.531. The molecule has 2 aromatic rings. The summed E-state index contributed by atoms with van der Waals surface area (Å²) in [7, 11) is 5.53. The molecule has 0 radical (unpaired) electrons. The average molecular weight is 412 g/mol. The monoisotopic (exact) mass is 411 g/mol. The predicted molar refractivity (Wildman–Crippen MR) is 120 cm³/mol. The molecule has 1 aliphatic rings. The largest absolute Gasteiger partial charge is 0.497 e. The van der Waals surface area contributed by atoms with E-state index in [2.05, 4.69) is 51.6 Å². The molecule has 6 nitrogen and oxygen atoms in total. The average Bonchev–Trinajstić information content (AvgIpc) is 2.79. The van der Waals surface area contributed by atoms with E-state index < -0.39 is 0 Å². The lowest BCUT2D eigenvalue weighted by Gasteiger charge is -2.23. The highest BCUT2D eigenvalue weighted by Gasteiger charge is 2.14. The number of hydrogen-bond acceptors (Lipinski definition) is 4. The van der Waals surface area contributed by atoms with E-state index in [1.165, 1.54) is 16.7 Å². The maximum absolute atomic E-state index is 6.05. The Kier molecular flexibility index (Phi) is 8.53. The normalized spacial score (nSPS) is 15.1. The smallest absolute Gasteiger partial charge is 0.193 e. The molecular weight excluding hydrogens is 378 g/mol. The van der Waals surface area contributed by atoms with Crippen molar-refractivity contribution in [1.82, 2.24) is 10.2 Å². The van der Waals surface area contributed by atoms with Crippen LogP contribution in [0, 0.1) is 0 Å². The summed E-state index contributed by atoms with van der Waals surface area (Å²) in [6.45, 7) is 3.73. The number of methoxy groups -OCH3 is 1. The predicted octanol–water partition coefficient (Wildman–Crippen LogP) is 3.60. The first kappa shape index (κ1) is 22.1. The van der Waals surface area contributed by atoms with Gasteiger partial charge >= 0.3 is 0 Å². The molecule has 0 saturated carbocycles. The molecule has 0 amide bonds. The molecule has 0 bridgehead atoms. The molecule has 3 rings (SSSR count). The van der Waals surface area contributed by atoms with E-state index in [9.17, 15) is 0 Å². The molecule has 1 aliphatic heterocycles. The molecule has 2 aromatic carbocycles. The first-order valence-electron chi connectivity index (χ1n) is 10.5. The molecular formula is C24H33N3O3. The number of ether oxygens (including phenoxy) is 3. The fraction of sp³-hybridized carbons (Fsp3) is 0.458. The molecule has 1 fully saturated rings. The molecule has 1 N–H and O–H groups in total. The minimum atomic E-state index is 0.311. The van der Waals surface area contributed by atoms with Gasteiger partial charge < -0.3 is 24.4 Å². The standard InChI is InChI=1S/C24H33N3O3/c1-25-24(27(2)17-19-7-9-22(28-3)10-8-19)26-16-20-5-4-6-21(15-20)18-30-23-11-13-29-14-12-23/h4-10,15,23H,11-14,16-18H2,1-3H3,(H,25,26). The Morgan fingerprint density at radius 2 is 1.83 bits per heavy atom. The van der Waals surface area contributed by atoms with Crippen molar-refractivity contribution in [3.63, 3.8) is 0 Å². The molecule has 0 atom stereocenters. The zero-order valence-corrected chi connectivity index (χ0v) is 18.3. The van der Waals surface area contributed by atoms with Gasteiger partial charge in [-0.15, -0.1) is 0 Å². The summed E-state index contributed by atoms with van der Waals surface area (Å²) in [6.07, 6.45) is 2.28. The maximum Gasteiger partial charge on any atom is 0.193 e. The maximum atomic E-state index is 6.05. The number of rotatable bonds is 8. The van der Waals surface area contributed by atoms with Gasteiger partial charge in [-0.1, -0.05) is 36.4 Å². The van der Waals surface area contributed by atoms with Gasteiger partial charge in [0, 0.05) is 40.4 Å². The molecule has 1 heterocycles. The molecule has 0 aromatic heterocycles. The van der Waals surface area contributed by atoms with Gasteiger partial charge in [-0.05, 0) is 41.7 Å². The summed E-state index contributed by atoms with van der Waals surface area (Å²) >= 11 is 0. The van der Waals surface area contributed by atoms with Gasteiger partial charge in [-0.3, -0.25) is 4.99 Å². The van der Waals surface area contributed by atoms with Crippen LogP contribution in [-0.4, -0.2) is 51.4 Å². The molecule has 0 spiro atoms. The molecule has 30 heavy (non-hydrogen) atoms. The lowest BCUT2D eigenvalue weighted by molar-refractivity contribution is -0.0390. The summed E-state index contributed by atoms with van der Waals surface area (Å²) in [6, 6.07) is 16.6. The zero-order chi connectivity index (χ0) is 21.2. The fourth-order valence-electron chi connectivity index (χ4n) is 3.53. The summed E-state index contributed by atoms with van der Waals surface area (Å²) in [5.41, 5.74) is 3.61. The minimum Gasteiger partial charge on any atom is -0.497 e. The number of benzene rings is 2. The van der Waals surface area contributed by atoms with Gasteiger partial charge in [0.05, 0.1) is 19.8 Å². The van der Waals surface area contributed by atoms with Crippen molar-refractivity contribution in [3.05, 3.63) is 65.2 Å². The van der Waals surface area contributed by atoms with Crippen molar-refractivity contribution in [3.8, 4) is 5.75 Å². The van der Waals surface area contributed by atoms with Crippen molar-refractivity contribution in [2.24, 2.45) is 4.99 Å².